The molecule has 16 heteroatoms. The van der Waals surface area contributed by atoms with E-state index in [1.807, 2.05) is 0 Å². The summed E-state index contributed by atoms with van der Waals surface area (Å²) in [6.45, 7) is 1.76. The quantitative estimate of drug-likeness (QED) is 0.345. The van der Waals surface area contributed by atoms with Crippen LogP contribution < -0.4 is 10.1 Å². The summed E-state index contributed by atoms with van der Waals surface area (Å²) in [5, 5.41) is 6.88. The number of alkyl halides is 5. The fourth-order valence-corrected chi connectivity index (χ4v) is 4.26. The Hall–Kier alpha value is -3.86. The number of aromatic nitrogens is 3. The molecule has 2 aromatic carbocycles. The Morgan fingerprint density at radius 3 is 2.10 bits per heavy atom. The molecule has 1 fully saturated rings. The first-order valence-corrected chi connectivity index (χ1v) is 12.3. The summed E-state index contributed by atoms with van der Waals surface area (Å²) in [6.07, 6.45) is -13.9. The molecule has 1 N–H and O–H groups in total. The van der Waals surface area contributed by atoms with Gasteiger partial charge in [0.2, 0.25) is 6.29 Å². The second kappa shape index (κ2) is 12.6. The molecule has 0 radical (unpaired) electrons. The van der Waals surface area contributed by atoms with E-state index in [1.165, 1.54) is 44.5 Å². The molecule has 1 aliphatic heterocycles. The van der Waals surface area contributed by atoms with Crippen molar-refractivity contribution in [1.29, 1.82) is 0 Å². The van der Waals surface area contributed by atoms with Gasteiger partial charge in [-0.2, -0.15) is 22.0 Å². The van der Waals surface area contributed by atoms with E-state index in [9.17, 15) is 26.7 Å². The standard InChI is InChI=1S/C26H27F5N4O7/c1-14-19(37-2)20(38-3)21(39-4)23(40-14)41-24(36)33-16-7-5-15(6-8-16)22-32-13-35(34-22)17-9-11-18(12-10-17)42-26(30,31)25(27,28)29/h5-14,19-21,23H,1-4H3,(H,33,36). The lowest BCUT2D eigenvalue weighted by Crippen LogP contribution is -2.59. The molecule has 1 aliphatic rings. The fraction of sp³-hybridized carbons (Fsp3) is 0.423. The number of benzene rings is 2. The normalized spacial score (nSPS) is 22.9. The van der Waals surface area contributed by atoms with Crippen LogP contribution in [0.1, 0.15) is 6.92 Å². The van der Waals surface area contributed by atoms with Crippen molar-refractivity contribution in [3.05, 3.63) is 54.9 Å². The van der Waals surface area contributed by atoms with Gasteiger partial charge in [-0.15, -0.1) is 5.10 Å². The molecule has 0 aliphatic carbocycles. The van der Waals surface area contributed by atoms with Crippen molar-refractivity contribution in [2.75, 3.05) is 26.6 Å². The molecule has 1 saturated heterocycles. The van der Waals surface area contributed by atoms with Crippen LogP contribution in [0, 0.1) is 0 Å². The molecule has 5 atom stereocenters. The van der Waals surface area contributed by atoms with E-state index in [4.69, 9.17) is 23.7 Å². The average molecular weight is 603 g/mol. The highest BCUT2D eigenvalue weighted by Gasteiger charge is 2.61. The van der Waals surface area contributed by atoms with Gasteiger partial charge in [0.1, 0.15) is 30.4 Å². The van der Waals surface area contributed by atoms with Gasteiger partial charge in [0.15, 0.2) is 5.82 Å². The Morgan fingerprint density at radius 2 is 1.52 bits per heavy atom. The maximum Gasteiger partial charge on any atom is 0.499 e. The van der Waals surface area contributed by atoms with Gasteiger partial charge >= 0.3 is 18.4 Å². The summed E-state index contributed by atoms with van der Waals surface area (Å²) in [7, 11) is 4.45. The number of hydrogen-bond donors (Lipinski definition) is 1. The van der Waals surface area contributed by atoms with Crippen molar-refractivity contribution >= 4 is 11.8 Å². The van der Waals surface area contributed by atoms with Crippen LogP contribution in [0.2, 0.25) is 0 Å². The van der Waals surface area contributed by atoms with Crippen molar-refractivity contribution in [3.8, 4) is 22.8 Å². The number of nitrogens with one attached hydrogen (secondary N) is 1. The molecule has 228 valence electrons. The second-order valence-corrected chi connectivity index (χ2v) is 9.04. The third kappa shape index (κ3) is 6.78. The van der Waals surface area contributed by atoms with Gasteiger partial charge in [-0.25, -0.2) is 14.5 Å². The number of hydrogen-bond acceptors (Lipinski definition) is 9. The molecule has 5 unspecified atom stereocenters. The lowest BCUT2D eigenvalue weighted by molar-refractivity contribution is -0.360. The van der Waals surface area contributed by atoms with Crippen LogP contribution in [0.5, 0.6) is 5.75 Å². The molecule has 0 bridgehead atoms. The number of carbonyl (C=O) groups is 1. The van der Waals surface area contributed by atoms with Crippen LogP contribution in [0.15, 0.2) is 54.9 Å². The van der Waals surface area contributed by atoms with E-state index in [0.29, 0.717) is 16.9 Å². The van der Waals surface area contributed by atoms with Crippen LogP contribution in [-0.4, -0.2) is 85.2 Å². The van der Waals surface area contributed by atoms with Crippen molar-refractivity contribution < 1.29 is 55.2 Å². The highest BCUT2D eigenvalue weighted by Crippen LogP contribution is 2.37. The van der Waals surface area contributed by atoms with E-state index in [2.05, 4.69) is 20.1 Å². The van der Waals surface area contributed by atoms with Gasteiger partial charge < -0.3 is 28.4 Å². The molecular formula is C26H27F5N4O7. The van der Waals surface area contributed by atoms with Crippen molar-refractivity contribution in [3.63, 3.8) is 0 Å². The minimum absolute atomic E-state index is 0.277. The number of ether oxygens (including phenoxy) is 6. The first kappa shape index (κ1) is 31.1. The van der Waals surface area contributed by atoms with Gasteiger partial charge in [0, 0.05) is 32.6 Å². The first-order chi connectivity index (χ1) is 19.9. The zero-order valence-corrected chi connectivity index (χ0v) is 22.7. The van der Waals surface area contributed by atoms with E-state index in [1.54, 1.807) is 31.2 Å². The van der Waals surface area contributed by atoms with Gasteiger partial charge in [-0.05, 0) is 55.5 Å². The Labute approximate surface area is 236 Å². The average Bonchev–Trinajstić information content (AvgIpc) is 3.43. The number of halogens is 5. The summed E-state index contributed by atoms with van der Waals surface area (Å²) in [5.41, 5.74) is 1.29. The van der Waals surface area contributed by atoms with Gasteiger partial charge in [-0.1, -0.05) is 0 Å². The number of amides is 1. The van der Waals surface area contributed by atoms with E-state index in [-0.39, 0.29) is 5.82 Å². The van der Waals surface area contributed by atoms with E-state index >= 15 is 0 Å². The molecule has 11 nitrogen and oxygen atoms in total. The zero-order valence-electron chi connectivity index (χ0n) is 22.7. The highest BCUT2D eigenvalue weighted by molar-refractivity contribution is 5.85. The lowest BCUT2D eigenvalue weighted by atomic mass is 9.99. The predicted octanol–water partition coefficient (Wildman–Crippen LogP) is 4.81. The minimum atomic E-state index is -5.85. The molecule has 1 amide bonds. The molecule has 2 heterocycles. The Kier molecular flexibility index (Phi) is 9.30. The van der Waals surface area contributed by atoms with Crippen LogP contribution in [0.4, 0.5) is 32.4 Å². The third-order valence-electron chi connectivity index (χ3n) is 6.33. The number of nitrogens with zero attached hydrogens (tertiary/aromatic N) is 3. The van der Waals surface area contributed by atoms with Crippen molar-refractivity contribution in [2.24, 2.45) is 0 Å². The molecular weight excluding hydrogens is 575 g/mol. The summed E-state index contributed by atoms with van der Waals surface area (Å²) in [6, 6.07) is 10.8. The van der Waals surface area contributed by atoms with Crippen LogP contribution in [-0.2, 0) is 23.7 Å². The van der Waals surface area contributed by atoms with E-state index in [0.717, 1.165) is 12.1 Å². The van der Waals surface area contributed by atoms with Crippen LogP contribution >= 0.6 is 0 Å². The SMILES string of the molecule is COC1C(C)OC(OC(=O)Nc2ccc(-c3ncn(-c4ccc(OC(F)(F)C(F)(F)F)cc4)n3)cc2)C(OC)C1OC. The maximum absolute atomic E-state index is 13.1. The third-order valence-corrected chi connectivity index (χ3v) is 6.33. The number of rotatable bonds is 9. The molecule has 1 aromatic heterocycles. The van der Waals surface area contributed by atoms with Gasteiger partial charge in [-0.3, -0.25) is 5.32 Å². The molecule has 0 saturated carbocycles. The summed E-state index contributed by atoms with van der Waals surface area (Å²) >= 11 is 0. The molecule has 0 spiro atoms. The van der Waals surface area contributed by atoms with Crippen LogP contribution in [0.25, 0.3) is 17.1 Å². The largest absolute Gasteiger partial charge is 0.499 e. The predicted molar refractivity (Wildman–Crippen MR) is 135 cm³/mol. The summed E-state index contributed by atoms with van der Waals surface area (Å²) < 4.78 is 96.0. The highest BCUT2D eigenvalue weighted by atomic mass is 19.4. The van der Waals surface area contributed by atoms with Crippen molar-refractivity contribution in [2.45, 2.75) is 49.9 Å². The minimum Gasteiger partial charge on any atom is -0.426 e. The zero-order chi connectivity index (χ0) is 30.7. The lowest BCUT2D eigenvalue weighted by Gasteiger charge is -2.43. The smallest absolute Gasteiger partial charge is 0.426 e. The van der Waals surface area contributed by atoms with E-state index < -0.39 is 54.8 Å². The summed E-state index contributed by atoms with van der Waals surface area (Å²) in [5.74, 6) is -0.401. The second-order valence-electron chi connectivity index (χ2n) is 9.04. The van der Waals surface area contributed by atoms with Gasteiger partial charge in [0.05, 0.1) is 11.8 Å². The van der Waals surface area contributed by atoms with Crippen molar-refractivity contribution in [1.82, 2.24) is 14.8 Å². The fourth-order valence-electron chi connectivity index (χ4n) is 4.26. The molecule has 42 heavy (non-hydrogen) atoms. The Morgan fingerprint density at radius 1 is 0.905 bits per heavy atom. The number of anilines is 1. The topological polar surface area (TPSA) is 115 Å². The first-order valence-electron chi connectivity index (χ1n) is 12.3. The monoisotopic (exact) mass is 602 g/mol. The molecule has 4 rings (SSSR count). The maximum atomic E-state index is 13.1. The summed E-state index contributed by atoms with van der Waals surface area (Å²) in [4.78, 5) is 16.8. The Bertz CT molecular complexity index is 1340. The Balaban J connectivity index is 1.37. The molecule has 3 aromatic rings. The number of carbonyl (C=O) groups excluding carboxylic acids is 1. The number of methoxy groups -OCH3 is 3. The van der Waals surface area contributed by atoms with Gasteiger partial charge in [0.25, 0.3) is 0 Å². The van der Waals surface area contributed by atoms with Crippen LogP contribution in [0.3, 0.4) is 0 Å².